The van der Waals surface area contributed by atoms with E-state index in [-0.39, 0.29) is 12.3 Å². The number of pyridine rings is 1. The van der Waals surface area contributed by atoms with Crippen LogP contribution in [-0.2, 0) is 17.8 Å². The Bertz CT molecular complexity index is 1080. The van der Waals surface area contributed by atoms with E-state index in [9.17, 15) is 4.79 Å². The van der Waals surface area contributed by atoms with Gasteiger partial charge in [0.1, 0.15) is 12.1 Å². The smallest absolute Gasteiger partial charge is 0.227 e. The second kappa shape index (κ2) is 8.66. The van der Waals surface area contributed by atoms with E-state index in [4.69, 9.17) is 16.1 Å². The summed E-state index contributed by atoms with van der Waals surface area (Å²) in [4.78, 5) is 24.8. The van der Waals surface area contributed by atoms with Gasteiger partial charge in [0.15, 0.2) is 0 Å². The lowest BCUT2D eigenvalue weighted by molar-refractivity contribution is -0.121. The minimum Gasteiger partial charge on any atom is -0.352 e. The minimum atomic E-state index is -0.102. The highest BCUT2D eigenvalue weighted by atomic mass is 35.5. The van der Waals surface area contributed by atoms with Crippen molar-refractivity contribution in [3.05, 3.63) is 77.8 Å². The quantitative estimate of drug-likeness (QED) is 0.504. The van der Waals surface area contributed by atoms with Crippen molar-refractivity contribution in [1.82, 2.24) is 30.0 Å². The Labute approximate surface area is 171 Å². The van der Waals surface area contributed by atoms with Crippen LogP contribution in [0, 0.1) is 0 Å². The largest absolute Gasteiger partial charge is 0.352 e. The summed E-state index contributed by atoms with van der Waals surface area (Å²) in [6.07, 6.45) is 7.54. The number of hydrogen-bond acceptors (Lipinski definition) is 6. The number of rotatable bonds is 7. The van der Waals surface area contributed by atoms with E-state index in [0.717, 1.165) is 16.9 Å². The first-order valence-corrected chi connectivity index (χ1v) is 9.34. The van der Waals surface area contributed by atoms with E-state index < -0.39 is 0 Å². The van der Waals surface area contributed by atoms with Gasteiger partial charge in [-0.15, -0.1) is 0 Å². The Morgan fingerprint density at radius 2 is 2.03 bits per heavy atom. The summed E-state index contributed by atoms with van der Waals surface area (Å²) in [5.41, 5.74) is 1.71. The van der Waals surface area contributed by atoms with E-state index in [1.54, 1.807) is 30.9 Å². The van der Waals surface area contributed by atoms with Crippen LogP contribution in [-0.4, -0.2) is 30.6 Å². The lowest BCUT2D eigenvalue weighted by Gasteiger charge is -2.06. The molecule has 0 atom stereocenters. The average molecular weight is 409 g/mol. The fourth-order valence-electron chi connectivity index (χ4n) is 2.65. The predicted octanol–water partition coefficient (Wildman–Crippen LogP) is 3.22. The van der Waals surface area contributed by atoms with Crippen molar-refractivity contribution in [1.29, 1.82) is 0 Å². The third-order valence-electron chi connectivity index (χ3n) is 4.20. The minimum absolute atomic E-state index is 0.102. The Hall–Kier alpha value is -3.52. The van der Waals surface area contributed by atoms with Crippen LogP contribution in [0.25, 0.3) is 17.2 Å². The van der Waals surface area contributed by atoms with Crippen LogP contribution in [0.1, 0.15) is 17.9 Å². The van der Waals surface area contributed by atoms with Gasteiger partial charge >= 0.3 is 0 Å². The summed E-state index contributed by atoms with van der Waals surface area (Å²) in [5.74, 6) is 1.55. The molecule has 3 aromatic heterocycles. The molecular weight excluding hydrogens is 392 g/mol. The van der Waals surface area contributed by atoms with Crippen molar-refractivity contribution in [3.63, 3.8) is 0 Å². The Kier molecular flexibility index (Phi) is 5.62. The lowest BCUT2D eigenvalue weighted by atomic mass is 10.2. The van der Waals surface area contributed by atoms with E-state index in [1.165, 1.54) is 0 Å². The SMILES string of the molecule is O=C(CCc1nc(-c2ccc(Cl)cc2)no1)NCc1ccc(-n2ccnc2)nc1. The van der Waals surface area contributed by atoms with Crippen LogP contribution in [0.15, 0.2) is 65.8 Å². The monoisotopic (exact) mass is 408 g/mol. The third-order valence-corrected chi connectivity index (χ3v) is 4.46. The molecule has 1 N–H and O–H groups in total. The number of halogens is 1. The molecule has 4 rings (SSSR count). The molecule has 4 aromatic rings. The number of aryl methyl sites for hydroxylation is 1. The highest BCUT2D eigenvalue weighted by molar-refractivity contribution is 6.30. The molecule has 0 aliphatic carbocycles. The first-order chi connectivity index (χ1) is 14.2. The molecule has 1 aromatic carbocycles. The first kappa shape index (κ1) is 18.8. The van der Waals surface area contributed by atoms with Crippen LogP contribution < -0.4 is 5.32 Å². The molecule has 3 heterocycles. The molecule has 0 fully saturated rings. The Morgan fingerprint density at radius 1 is 1.17 bits per heavy atom. The van der Waals surface area contributed by atoms with E-state index in [0.29, 0.717) is 29.7 Å². The van der Waals surface area contributed by atoms with Crippen molar-refractivity contribution in [2.75, 3.05) is 0 Å². The van der Waals surface area contributed by atoms with Crippen LogP contribution >= 0.6 is 11.6 Å². The summed E-state index contributed by atoms with van der Waals surface area (Å²) >= 11 is 5.88. The summed E-state index contributed by atoms with van der Waals surface area (Å²) < 4.78 is 7.03. The van der Waals surface area contributed by atoms with Crippen LogP contribution in [0.2, 0.25) is 5.02 Å². The average Bonchev–Trinajstić information content (AvgIpc) is 3.44. The number of amides is 1. The zero-order chi connectivity index (χ0) is 20.1. The molecule has 146 valence electrons. The standard InChI is InChI=1S/C20H17ClN6O2/c21-16-4-2-15(3-5-16)20-25-19(29-26-20)8-7-18(28)24-12-14-1-6-17(23-11-14)27-10-9-22-13-27/h1-6,9-11,13H,7-8,12H2,(H,24,28). The fourth-order valence-corrected chi connectivity index (χ4v) is 2.78. The molecule has 9 heteroatoms. The van der Waals surface area contributed by atoms with Gasteiger partial charge in [0.2, 0.25) is 17.6 Å². The topological polar surface area (TPSA) is 98.7 Å². The normalized spacial score (nSPS) is 10.8. The Morgan fingerprint density at radius 3 is 2.76 bits per heavy atom. The van der Waals surface area contributed by atoms with Crippen molar-refractivity contribution in [3.8, 4) is 17.2 Å². The molecule has 0 spiro atoms. The van der Waals surface area contributed by atoms with E-state index in [2.05, 4.69) is 25.4 Å². The molecule has 1 amide bonds. The number of hydrogen-bond donors (Lipinski definition) is 1. The zero-order valence-electron chi connectivity index (χ0n) is 15.3. The number of nitrogens with one attached hydrogen (secondary N) is 1. The summed E-state index contributed by atoms with van der Waals surface area (Å²) in [7, 11) is 0. The van der Waals surface area contributed by atoms with E-state index in [1.807, 2.05) is 35.0 Å². The maximum Gasteiger partial charge on any atom is 0.227 e. The molecule has 0 saturated heterocycles. The van der Waals surface area contributed by atoms with Gasteiger partial charge in [-0.25, -0.2) is 9.97 Å². The van der Waals surface area contributed by atoms with Gasteiger partial charge < -0.3 is 9.84 Å². The number of carbonyl (C=O) groups is 1. The van der Waals surface area contributed by atoms with Gasteiger partial charge in [0.05, 0.1) is 0 Å². The van der Waals surface area contributed by atoms with Crippen LogP contribution in [0.4, 0.5) is 0 Å². The maximum atomic E-state index is 12.1. The van der Waals surface area contributed by atoms with Crippen LogP contribution in [0.3, 0.4) is 0 Å². The molecular formula is C20H17ClN6O2. The molecule has 0 saturated carbocycles. The summed E-state index contributed by atoms with van der Waals surface area (Å²) in [6.45, 7) is 0.399. The van der Waals surface area contributed by atoms with Crippen molar-refractivity contribution < 1.29 is 9.32 Å². The highest BCUT2D eigenvalue weighted by Crippen LogP contribution is 2.19. The molecule has 8 nitrogen and oxygen atoms in total. The first-order valence-electron chi connectivity index (χ1n) is 8.96. The van der Waals surface area contributed by atoms with Crippen molar-refractivity contribution in [2.45, 2.75) is 19.4 Å². The molecule has 0 unspecified atom stereocenters. The second-order valence-electron chi connectivity index (χ2n) is 6.29. The van der Waals surface area contributed by atoms with Crippen LogP contribution in [0.5, 0.6) is 0 Å². The van der Waals surface area contributed by atoms with E-state index >= 15 is 0 Å². The van der Waals surface area contributed by atoms with Crippen molar-refractivity contribution >= 4 is 17.5 Å². The predicted molar refractivity (Wildman–Crippen MR) is 106 cm³/mol. The lowest BCUT2D eigenvalue weighted by Crippen LogP contribution is -2.23. The number of aromatic nitrogens is 5. The Balaban J connectivity index is 1.25. The molecule has 29 heavy (non-hydrogen) atoms. The van der Waals surface area contributed by atoms with Gasteiger partial charge in [-0.2, -0.15) is 4.98 Å². The van der Waals surface area contributed by atoms with Crippen molar-refractivity contribution in [2.24, 2.45) is 0 Å². The maximum absolute atomic E-state index is 12.1. The second-order valence-corrected chi connectivity index (χ2v) is 6.73. The highest BCUT2D eigenvalue weighted by Gasteiger charge is 2.11. The van der Waals surface area contributed by atoms with Gasteiger partial charge in [0, 0.05) is 48.6 Å². The molecule has 0 aliphatic rings. The summed E-state index contributed by atoms with van der Waals surface area (Å²) in [6, 6.07) is 10.9. The third kappa shape index (κ3) is 4.85. The van der Waals surface area contributed by atoms with Gasteiger partial charge in [-0.05, 0) is 35.9 Å². The summed E-state index contributed by atoms with van der Waals surface area (Å²) in [5, 5.41) is 7.45. The number of nitrogens with zero attached hydrogens (tertiary/aromatic N) is 5. The van der Waals surface area contributed by atoms with Gasteiger partial charge in [0.25, 0.3) is 0 Å². The number of imidazole rings is 1. The molecule has 0 aliphatic heterocycles. The number of carbonyl (C=O) groups excluding carboxylic acids is 1. The molecule has 0 bridgehead atoms. The zero-order valence-corrected chi connectivity index (χ0v) is 16.1. The van der Waals surface area contributed by atoms with Gasteiger partial charge in [-0.3, -0.25) is 9.36 Å². The van der Waals surface area contributed by atoms with Gasteiger partial charge in [-0.1, -0.05) is 22.8 Å². The number of benzene rings is 1. The molecule has 0 radical (unpaired) electrons. The fraction of sp³-hybridized carbons (Fsp3) is 0.150.